The maximum atomic E-state index is 13.0. The van der Waals surface area contributed by atoms with E-state index >= 15 is 0 Å². The lowest BCUT2D eigenvalue weighted by Crippen LogP contribution is -2.36. The Labute approximate surface area is 190 Å². The van der Waals surface area contributed by atoms with Gasteiger partial charge in [0.05, 0.1) is 11.0 Å². The number of nitrogens with zero attached hydrogens (tertiary/aromatic N) is 5. The molecule has 0 saturated carbocycles. The van der Waals surface area contributed by atoms with Gasteiger partial charge in [-0.25, -0.2) is 4.98 Å². The molecule has 0 aliphatic rings. The normalized spacial score (nSPS) is 12.0. The lowest BCUT2D eigenvalue weighted by Gasteiger charge is -2.17. The number of carbonyl (C=O) groups excluding carboxylic acids is 1. The second-order valence-corrected chi connectivity index (χ2v) is 7.84. The summed E-state index contributed by atoms with van der Waals surface area (Å²) in [4.78, 5) is 17.6. The Kier molecular flexibility index (Phi) is 5.63. The van der Waals surface area contributed by atoms with E-state index < -0.39 is 0 Å². The van der Waals surface area contributed by atoms with E-state index in [1.807, 2.05) is 60.7 Å². The van der Waals surface area contributed by atoms with Gasteiger partial charge in [-0.2, -0.15) is 4.52 Å². The number of fused-ring (bicyclic) bond motifs is 3. The largest absolute Gasteiger partial charge is 0.349 e. The molecule has 0 bridgehead atoms. The lowest BCUT2D eigenvalue weighted by atomic mass is 10.0. The van der Waals surface area contributed by atoms with E-state index in [1.165, 1.54) is 5.56 Å². The Bertz CT molecular complexity index is 1410. The molecular formula is C25H23N7O. The van der Waals surface area contributed by atoms with Crippen LogP contribution in [0.15, 0.2) is 78.9 Å². The molecule has 1 atom stereocenters. The van der Waals surface area contributed by atoms with Gasteiger partial charge in [0, 0.05) is 17.3 Å². The zero-order chi connectivity index (χ0) is 22.6. The van der Waals surface area contributed by atoms with Crippen molar-refractivity contribution >= 4 is 34.1 Å². The molecule has 0 radical (unpaired) electrons. The second-order valence-electron chi connectivity index (χ2n) is 7.84. The van der Waals surface area contributed by atoms with Gasteiger partial charge < -0.3 is 10.6 Å². The van der Waals surface area contributed by atoms with Gasteiger partial charge in [-0.05, 0) is 59.2 Å². The Morgan fingerprint density at radius 3 is 2.67 bits per heavy atom. The first-order valence-corrected chi connectivity index (χ1v) is 10.9. The first-order valence-electron chi connectivity index (χ1n) is 10.9. The SMILES string of the molecule is CC[C@H](Cc1ccccc1)NC(=O)c1cccc(Nc2nc3ccccc3n3nnnc23)c1. The van der Waals surface area contributed by atoms with E-state index in [0.29, 0.717) is 17.0 Å². The van der Waals surface area contributed by atoms with Gasteiger partial charge >= 0.3 is 0 Å². The fourth-order valence-corrected chi connectivity index (χ4v) is 3.83. The third-order valence-electron chi connectivity index (χ3n) is 5.56. The van der Waals surface area contributed by atoms with Gasteiger partial charge in [0.2, 0.25) is 5.65 Å². The first-order chi connectivity index (χ1) is 16.2. The van der Waals surface area contributed by atoms with Crippen LogP contribution in [0.25, 0.3) is 16.7 Å². The van der Waals surface area contributed by atoms with Crippen molar-refractivity contribution < 1.29 is 4.79 Å². The molecule has 164 valence electrons. The number of nitrogens with one attached hydrogen (secondary N) is 2. The highest BCUT2D eigenvalue weighted by Crippen LogP contribution is 2.23. The second kappa shape index (κ2) is 9.04. The van der Waals surface area contributed by atoms with Crippen molar-refractivity contribution in [3.05, 3.63) is 90.0 Å². The number of tetrazole rings is 1. The molecule has 1 amide bonds. The predicted octanol–water partition coefficient (Wildman–Crippen LogP) is 4.17. The van der Waals surface area contributed by atoms with Crippen molar-refractivity contribution in [2.24, 2.45) is 0 Å². The summed E-state index contributed by atoms with van der Waals surface area (Å²) in [6, 6.07) is 25.2. The van der Waals surface area contributed by atoms with Crippen LogP contribution in [0.1, 0.15) is 29.3 Å². The number of para-hydroxylation sites is 2. The minimum atomic E-state index is -0.109. The molecule has 0 spiro atoms. The molecular weight excluding hydrogens is 414 g/mol. The van der Waals surface area contributed by atoms with Gasteiger partial charge in [0.25, 0.3) is 5.91 Å². The summed E-state index contributed by atoms with van der Waals surface area (Å²) in [6.07, 6.45) is 1.64. The van der Waals surface area contributed by atoms with Gasteiger partial charge in [-0.3, -0.25) is 4.79 Å². The van der Waals surface area contributed by atoms with Crippen LogP contribution >= 0.6 is 0 Å². The van der Waals surface area contributed by atoms with Crippen molar-refractivity contribution in [3.8, 4) is 0 Å². The third kappa shape index (κ3) is 4.36. The summed E-state index contributed by atoms with van der Waals surface area (Å²) in [6.45, 7) is 2.08. The smallest absolute Gasteiger partial charge is 0.251 e. The molecule has 0 fully saturated rings. The monoisotopic (exact) mass is 437 g/mol. The van der Waals surface area contributed by atoms with E-state index in [9.17, 15) is 4.79 Å². The lowest BCUT2D eigenvalue weighted by molar-refractivity contribution is 0.0936. The van der Waals surface area contributed by atoms with E-state index in [0.717, 1.165) is 29.6 Å². The summed E-state index contributed by atoms with van der Waals surface area (Å²) in [5.41, 5.74) is 4.60. The Morgan fingerprint density at radius 1 is 1.00 bits per heavy atom. The average molecular weight is 438 g/mol. The molecule has 0 aliphatic carbocycles. The summed E-state index contributed by atoms with van der Waals surface area (Å²) in [5.74, 6) is 0.411. The zero-order valence-corrected chi connectivity index (χ0v) is 18.1. The van der Waals surface area contributed by atoms with Crippen molar-refractivity contribution in [2.45, 2.75) is 25.8 Å². The molecule has 3 aromatic carbocycles. The molecule has 8 nitrogen and oxygen atoms in total. The van der Waals surface area contributed by atoms with Crippen LogP contribution in [-0.4, -0.2) is 37.0 Å². The zero-order valence-electron chi connectivity index (χ0n) is 18.1. The summed E-state index contributed by atoms with van der Waals surface area (Å²) < 4.78 is 1.65. The molecule has 0 unspecified atom stereocenters. The Morgan fingerprint density at radius 2 is 1.82 bits per heavy atom. The first kappa shape index (κ1) is 20.6. The van der Waals surface area contributed by atoms with Crippen LogP contribution in [0, 0.1) is 0 Å². The maximum absolute atomic E-state index is 13.0. The molecule has 8 heteroatoms. The average Bonchev–Trinajstić information content (AvgIpc) is 3.35. The number of carbonyl (C=O) groups is 1. The number of hydrogen-bond donors (Lipinski definition) is 2. The molecule has 5 aromatic rings. The van der Waals surface area contributed by atoms with Gasteiger partial charge in [-0.15, -0.1) is 5.10 Å². The minimum Gasteiger partial charge on any atom is -0.349 e. The van der Waals surface area contributed by atoms with E-state index in [2.05, 4.69) is 50.2 Å². The highest BCUT2D eigenvalue weighted by atomic mass is 16.1. The highest BCUT2D eigenvalue weighted by Gasteiger charge is 2.15. The minimum absolute atomic E-state index is 0.0559. The number of benzene rings is 3. The van der Waals surface area contributed by atoms with Gasteiger partial charge in [0.1, 0.15) is 0 Å². The van der Waals surface area contributed by atoms with E-state index in [1.54, 1.807) is 10.6 Å². The molecule has 2 aromatic heterocycles. The molecule has 33 heavy (non-hydrogen) atoms. The molecule has 0 saturated heterocycles. The number of anilines is 2. The maximum Gasteiger partial charge on any atom is 0.251 e. The van der Waals surface area contributed by atoms with Crippen LogP contribution in [0.2, 0.25) is 0 Å². The number of amides is 1. The van der Waals surface area contributed by atoms with Crippen molar-refractivity contribution in [1.29, 1.82) is 0 Å². The third-order valence-corrected chi connectivity index (χ3v) is 5.56. The van der Waals surface area contributed by atoms with Crippen molar-refractivity contribution in [2.75, 3.05) is 5.32 Å². The number of hydrogen-bond acceptors (Lipinski definition) is 6. The number of rotatable bonds is 7. The molecule has 2 N–H and O–H groups in total. The Hall–Kier alpha value is -4.33. The fourth-order valence-electron chi connectivity index (χ4n) is 3.83. The quantitative estimate of drug-likeness (QED) is 0.397. The van der Waals surface area contributed by atoms with E-state index in [4.69, 9.17) is 0 Å². The summed E-state index contributed by atoms with van der Waals surface area (Å²) in [7, 11) is 0. The Balaban J connectivity index is 1.37. The molecule has 2 heterocycles. The number of aromatic nitrogens is 5. The van der Waals surface area contributed by atoms with E-state index in [-0.39, 0.29) is 11.9 Å². The topological polar surface area (TPSA) is 97.1 Å². The fraction of sp³-hybridized carbons (Fsp3) is 0.160. The molecule has 0 aliphatic heterocycles. The van der Waals surface area contributed by atoms with Gasteiger partial charge in [-0.1, -0.05) is 55.5 Å². The predicted molar refractivity (Wildman–Crippen MR) is 127 cm³/mol. The van der Waals surface area contributed by atoms with Crippen LogP contribution in [0.3, 0.4) is 0 Å². The standard InChI is InChI=1S/C25H23N7O/c1-2-19(15-17-9-4-3-5-10-17)27-25(33)18-11-8-12-20(16-18)26-23-24-29-30-31-32(24)22-14-7-6-13-21(22)28-23/h3-14,16,19H,2,15H2,1H3,(H,26,28)(H,27,33)/t19-/m1/s1. The van der Waals surface area contributed by atoms with Crippen molar-refractivity contribution in [3.63, 3.8) is 0 Å². The summed E-state index contributed by atoms with van der Waals surface area (Å²) >= 11 is 0. The van der Waals surface area contributed by atoms with Crippen molar-refractivity contribution in [1.82, 2.24) is 30.3 Å². The van der Waals surface area contributed by atoms with Crippen LogP contribution in [0.4, 0.5) is 11.5 Å². The highest BCUT2D eigenvalue weighted by molar-refractivity contribution is 5.95. The van der Waals surface area contributed by atoms with Crippen LogP contribution in [0.5, 0.6) is 0 Å². The van der Waals surface area contributed by atoms with Gasteiger partial charge in [0.15, 0.2) is 5.82 Å². The summed E-state index contributed by atoms with van der Waals surface area (Å²) in [5, 5.41) is 18.4. The van der Waals surface area contributed by atoms with Crippen LogP contribution in [-0.2, 0) is 6.42 Å². The molecule has 5 rings (SSSR count). The van der Waals surface area contributed by atoms with Crippen LogP contribution < -0.4 is 10.6 Å².